The first kappa shape index (κ1) is 22.1. The Kier molecular flexibility index (Phi) is 6.39. The third kappa shape index (κ3) is 4.87. The zero-order chi connectivity index (χ0) is 23.4. The van der Waals surface area contributed by atoms with Crippen LogP contribution in [0.3, 0.4) is 0 Å². The largest absolute Gasteiger partial charge is 0.476 e. The maximum Gasteiger partial charge on any atom is 0.407 e. The zero-order valence-electron chi connectivity index (χ0n) is 17.9. The number of hydrogen-bond donors (Lipinski definition) is 3. The van der Waals surface area contributed by atoms with Gasteiger partial charge in [0.25, 0.3) is 0 Å². The number of aromatic carboxylic acids is 1. The number of nitrogens with one attached hydrogen (secondary N) is 2. The number of fused-ring (bicyclic) bond motifs is 3. The predicted molar refractivity (Wildman–Crippen MR) is 118 cm³/mol. The molecule has 9 heteroatoms. The SMILES string of the molecule is C[C@H](CC(=O)NCc1ocnc1C(=O)O)NC(=O)OCC1c2ccccc2-c2ccccc21. The van der Waals surface area contributed by atoms with Gasteiger partial charge in [-0.1, -0.05) is 48.5 Å². The molecule has 3 aromatic rings. The van der Waals surface area contributed by atoms with Crippen LogP contribution in [0, 0.1) is 0 Å². The summed E-state index contributed by atoms with van der Waals surface area (Å²) in [6.45, 7) is 1.75. The van der Waals surface area contributed by atoms with Crippen molar-refractivity contribution < 1.29 is 28.6 Å². The van der Waals surface area contributed by atoms with Crippen molar-refractivity contribution in [2.24, 2.45) is 0 Å². The normalized spacial score (nSPS) is 13.0. The van der Waals surface area contributed by atoms with E-state index in [9.17, 15) is 14.4 Å². The number of carbonyl (C=O) groups is 3. The van der Waals surface area contributed by atoms with Crippen molar-refractivity contribution in [3.05, 3.63) is 77.5 Å². The van der Waals surface area contributed by atoms with Crippen LogP contribution in [-0.4, -0.2) is 40.7 Å². The van der Waals surface area contributed by atoms with Gasteiger partial charge in [-0.25, -0.2) is 14.6 Å². The minimum atomic E-state index is -1.24. The predicted octanol–water partition coefficient (Wildman–Crippen LogP) is 3.31. The van der Waals surface area contributed by atoms with E-state index in [0.717, 1.165) is 28.6 Å². The van der Waals surface area contributed by atoms with Gasteiger partial charge in [0.1, 0.15) is 6.61 Å². The van der Waals surface area contributed by atoms with Crippen molar-refractivity contribution in [3.63, 3.8) is 0 Å². The van der Waals surface area contributed by atoms with Crippen LogP contribution in [0.15, 0.2) is 59.3 Å². The van der Waals surface area contributed by atoms with Gasteiger partial charge in [-0.3, -0.25) is 4.79 Å². The van der Waals surface area contributed by atoms with E-state index in [1.54, 1.807) is 6.92 Å². The van der Waals surface area contributed by atoms with E-state index in [2.05, 4.69) is 27.8 Å². The van der Waals surface area contributed by atoms with E-state index in [1.165, 1.54) is 0 Å². The maximum atomic E-state index is 12.3. The molecule has 0 spiro atoms. The standard InChI is InChI=1S/C24H23N3O6/c1-14(10-21(28)25-11-20-22(23(29)30)26-13-33-20)27-24(31)32-12-19-17-8-4-2-6-15(17)16-7-3-5-9-18(16)19/h2-9,13-14,19H,10-12H2,1H3,(H,25,28)(H,27,31)(H,29,30)/t14-/m1/s1. The molecule has 3 N–H and O–H groups in total. The summed E-state index contributed by atoms with van der Waals surface area (Å²) in [7, 11) is 0. The Bertz CT molecular complexity index is 1140. The van der Waals surface area contributed by atoms with Gasteiger partial charge in [0.15, 0.2) is 17.8 Å². The molecule has 1 aliphatic carbocycles. The second kappa shape index (κ2) is 9.56. The molecule has 1 heterocycles. The van der Waals surface area contributed by atoms with E-state index in [4.69, 9.17) is 14.3 Å². The molecule has 2 amide bonds. The third-order valence-electron chi connectivity index (χ3n) is 5.49. The molecule has 0 radical (unpaired) electrons. The quantitative estimate of drug-likeness (QED) is 0.481. The number of ether oxygens (including phenoxy) is 1. The molecule has 9 nitrogen and oxygen atoms in total. The molecule has 2 aromatic carbocycles. The number of nitrogens with zero attached hydrogens (tertiary/aromatic N) is 1. The average molecular weight is 449 g/mol. The molecule has 0 bridgehead atoms. The van der Waals surface area contributed by atoms with Crippen LogP contribution >= 0.6 is 0 Å². The summed E-state index contributed by atoms with van der Waals surface area (Å²) in [5.74, 6) is -1.62. The van der Waals surface area contributed by atoms with Gasteiger partial charge < -0.3 is 24.9 Å². The summed E-state index contributed by atoms with van der Waals surface area (Å²) in [4.78, 5) is 39.1. The van der Waals surface area contributed by atoms with Gasteiger partial charge in [0.05, 0.1) is 6.54 Å². The van der Waals surface area contributed by atoms with Gasteiger partial charge in [0, 0.05) is 18.4 Å². The Morgan fingerprint density at radius 3 is 2.36 bits per heavy atom. The topological polar surface area (TPSA) is 131 Å². The van der Waals surface area contributed by atoms with Crippen LogP contribution in [0.2, 0.25) is 0 Å². The van der Waals surface area contributed by atoms with E-state index in [0.29, 0.717) is 0 Å². The highest BCUT2D eigenvalue weighted by Gasteiger charge is 2.29. The number of hydrogen-bond acceptors (Lipinski definition) is 6. The molecule has 0 fully saturated rings. The van der Waals surface area contributed by atoms with Crippen molar-refractivity contribution in [2.45, 2.75) is 31.8 Å². The van der Waals surface area contributed by atoms with Gasteiger partial charge in [-0.15, -0.1) is 0 Å². The molecule has 1 aromatic heterocycles. The third-order valence-corrected chi connectivity index (χ3v) is 5.49. The van der Waals surface area contributed by atoms with Crippen molar-refractivity contribution in [2.75, 3.05) is 6.61 Å². The monoisotopic (exact) mass is 449 g/mol. The van der Waals surface area contributed by atoms with Crippen LogP contribution in [0.1, 0.15) is 46.6 Å². The molecule has 33 heavy (non-hydrogen) atoms. The number of rotatable bonds is 8. The lowest BCUT2D eigenvalue weighted by atomic mass is 9.98. The van der Waals surface area contributed by atoms with E-state index in [-0.39, 0.29) is 42.9 Å². The minimum Gasteiger partial charge on any atom is -0.476 e. The summed E-state index contributed by atoms with van der Waals surface area (Å²) in [6, 6.07) is 15.6. The lowest BCUT2D eigenvalue weighted by Gasteiger charge is -2.17. The number of amides is 2. The molecule has 0 saturated heterocycles. The van der Waals surface area contributed by atoms with Gasteiger partial charge >= 0.3 is 12.1 Å². The summed E-state index contributed by atoms with van der Waals surface area (Å²) < 4.78 is 10.5. The summed E-state index contributed by atoms with van der Waals surface area (Å²) in [5.41, 5.74) is 4.27. The molecule has 0 saturated carbocycles. The molecule has 0 unspecified atom stereocenters. The number of oxazole rings is 1. The lowest BCUT2D eigenvalue weighted by Crippen LogP contribution is -2.38. The Labute approximate surface area is 189 Å². The number of benzene rings is 2. The molecule has 1 aliphatic rings. The highest BCUT2D eigenvalue weighted by Crippen LogP contribution is 2.44. The summed E-state index contributed by atoms with van der Waals surface area (Å²) >= 11 is 0. The molecular formula is C24H23N3O6. The average Bonchev–Trinajstić information content (AvgIpc) is 3.39. The second-order valence-corrected chi connectivity index (χ2v) is 7.78. The first-order valence-corrected chi connectivity index (χ1v) is 10.5. The number of carbonyl (C=O) groups excluding carboxylic acids is 2. The molecule has 170 valence electrons. The molecular weight excluding hydrogens is 426 g/mol. The van der Waals surface area contributed by atoms with Gasteiger partial charge in [-0.05, 0) is 29.2 Å². The highest BCUT2D eigenvalue weighted by atomic mass is 16.5. The minimum absolute atomic E-state index is 0.0132. The molecule has 0 aliphatic heterocycles. The van der Waals surface area contributed by atoms with Crippen LogP contribution < -0.4 is 10.6 Å². The van der Waals surface area contributed by atoms with E-state index < -0.39 is 18.1 Å². The Morgan fingerprint density at radius 2 is 1.73 bits per heavy atom. The first-order valence-electron chi connectivity index (χ1n) is 10.5. The van der Waals surface area contributed by atoms with Gasteiger partial charge in [0.2, 0.25) is 5.91 Å². The summed E-state index contributed by atoms with van der Waals surface area (Å²) in [5, 5.41) is 14.2. The number of aromatic nitrogens is 1. The Hall–Kier alpha value is -4.14. The number of carboxylic acid groups (broad SMARTS) is 1. The van der Waals surface area contributed by atoms with E-state index in [1.807, 2.05) is 36.4 Å². The first-order chi connectivity index (χ1) is 15.9. The van der Waals surface area contributed by atoms with Crippen molar-refractivity contribution in [1.29, 1.82) is 0 Å². The Morgan fingerprint density at radius 1 is 1.09 bits per heavy atom. The smallest absolute Gasteiger partial charge is 0.407 e. The number of carboxylic acids is 1. The lowest BCUT2D eigenvalue weighted by molar-refractivity contribution is -0.121. The highest BCUT2D eigenvalue weighted by molar-refractivity contribution is 5.86. The number of alkyl carbamates (subject to hydrolysis) is 1. The Balaban J connectivity index is 1.27. The fourth-order valence-electron chi connectivity index (χ4n) is 3.99. The molecule has 4 rings (SSSR count). The maximum absolute atomic E-state index is 12.3. The zero-order valence-corrected chi connectivity index (χ0v) is 17.9. The van der Waals surface area contributed by atoms with Crippen LogP contribution in [0.25, 0.3) is 11.1 Å². The van der Waals surface area contributed by atoms with Crippen LogP contribution in [0.4, 0.5) is 4.79 Å². The van der Waals surface area contributed by atoms with Gasteiger partial charge in [-0.2, -0.15) is 0 Å². The molecule has 1 atom stereocenters. The summed E-state index contributed by atoms with van der Waals surface area (Å²) in [6.07, 6.45) is 0.382. The van der Waals surface area contributed by atoms with E-state index >= 15 is 0 Å². The van der Waals surface area contributed by atoms with Crippen LogP contribution in [-0.2, 0) is 16.1 Å². The van der Waals surface area contributed by atoms with Crippen molar-refractivity contribution in [3.8, 4) is 11.1 Å². The fraction of sp³-hybridized carbons (Fsp3) is 0.250. The van der Waals surface area contributed by atoms with Crippen molar-refractivity contribution >= 4 is 18.0 Å². The fourth-order valence-corrected chi connectivity index (χ4v) is 3.99. The van der Waals surface area contributed by atoms with Crippen LogP contribution in [0.5, 0.6) is 0 Å². The second-order valence-electron chi connectivity index (χ2n) is 7.78. The van der Waals surface area contributed by atoms with Crippen molar-refractivity contribution in [1.82, 2.24) is 15.6 Å².